The van der Waals surface area contributed by atoms with Crippen LogP contribution in [0.15, 0.2) is 0 Å². The molecule has 0 saturated carbocycles. The van der Waals surface area contributed by atoms with E-state index in [1.807, 2.05) is 20.8 Å². The number of rotatable bonds is 19. The molecule has 1 unspecified atom stereocenters. The average molecular weight is 399 g/mol. The minimum absolute atomic E-state index is 0.00562. The van der Waals surface area contributed by atoms with Gasteiger partial charge in [0.05, 0.1) is 6.10 Å². The molecule has 0 heterocycles. The molecule has 0 amide bonds. The number of unbranched alkanes of at least 4 members (excludes halogenated alkanes) is 10. The zero-order valence-corrected chi connectivity index (χ0v) is 19.1. The van der Waals surface area contributed by atoms with Crippen molar-refractivity contribution >= 4 is 11.9 Å². The topological polar surface area (TPSA) is 52.6 Å². The van der Waals surface area contributed by atoms with E-state index in [1.165, 1.54) is 57.8 Å². The molecule has 0 saturated heterocycles. The SMILES string of the molecule is CCCCCCC(CCCCCCCCCCC(=O)OC(C)C)OC(=O)CC. The summed E-state index contributed by atoms with van der Waals surface area (Å²) in [7, 11) is 0. The smallest absolute Gasteiger partial charge is 0.306 e. The van der Waals surface area contributed by atoms with Gasteiger partial charge >= 0.3 is 11.9 Å². The molecule has 4 nitrogen and oxygen atoms in total. The quantitative estimate of drug-likeness (QED) is 0.171. The molecule has 28 heavy (non-hydrogen) atoms. The molecule has 0 aromatic rings. The Balaban J connectivity index is 3.64. The van der Waals surface area contributed by atoms with Crippen molar-refractivity contribution in [3.05, 3.63) is 0 Å². The van der Waals surface area contributed by atoms with E-state index < -0.39 is 0 Å². The van der Waals surface area contributed by atoms with Crippen LogP contribution in [0.1, 0.15) is 130 Å². The van der Waals surface area contributed by atoms with Crippen LogP contribution in [-0.2, 0) is 19.1 Å². The Hall–Kier alpha value is -1.06. The molecule has 0 aliphatic rings. The lowest BCUT2D eigenvalue weighted by Gasteiger charge is -2.17. The number of carbonyl (C=O) groups is 2. The summed E-state index contributed by atoms with van der Waals surface area (Å²) in [4.78, 5) is 23.1. The Morgan fingerprint density at radius 3 is 1.64 bits per heavy atom. The van der Waals surface area contributed by atoms with Gasteiger partial charge in [0.25, 0.3) is 0 Å². The van der Waals surface area contributed by atoms with Crippen molar-refractivity contribution in [1.82, 2.24) is 0 Å². The zero-order valence-electron chi connectivity index (χ0n) is 19.1. The molecule has 0 radical (unpaired) electrons. The van der Waals surface area contributed by atoms with Gasteiger partial charge in [-0.25, -0.2) is 0 Å². The Kier molecular flexibility index (Phi) is 18.5. The maximum atomic E-state index is 11.6. The lowest BCUT2D eigenvalue weighted by molar-refractivity contribution is -0.149. The Morgan fingerprint density at radius 1 is 0.643 bits per heavy atom. The molecule has 0 aromatic heterocycles. The second-order valence-corrected chi connectivity index (χ2v) is 8.22. The lowest BCUT2D eigenvalue weighted by Crippen LogP contribution is -2.17. The normalized spacial score (nSPS) is 12.2. The molecule has 4 heteroatoms. The third-order valence-corrected chi connectivity index (χ3v) is 4.99. The number of esters is 2. The fourth-order valence-electron chi connectivity index (χ4n) is 3.35. The molecule has 0 aliphatic heterocycles. The highest BCUT2D eigenvalue weighted by atomic mass is 16.5. The highest BCUT2D eigenvalue weighted by Gasteiger charge is 2.12. The van der Waals surface area contributed by atoms with Gasteiger partial charge in [0.2, 0.25) is 0 Å². The van der Waals surface area contributed by atoms with Crippen LogP contribution in [0.25, 0.3) is 0 Å². The molecule has 0 aliphatic carbocycles. The van der Waals surface area contributed by atoms with Crippen LogP contribution in [0.5, 0.6) is 0 Å². The van der Waals surface area contributed by atoms with Crippen molar-refractivity contribution in [1.29, 1.82) is 0 Å². The third kappa shape index (κ3) is 18.3. The average Bonchev–Trinajstić information content (AvgIpc) is 2.65. The van der Waals surface area contributed by atoms with E-state index >= 15 is 0 Å². The molecule has 0 aromatic carbocycles. The molecular formula is C24H46O4. The van der Waals surface area contributed by atoms with E-state index in [0.29, 0.717) is 12.8 Å². The summed E-state index contributed by atoms with van der Waals surface area (Å²) >= 11 is 0. The summed E-state index contributed by atoms with van der Waals surface area (Å²) < 4.78 is 10.8. The lowest BCUT2D eigenvalue weighted by atomic mass is 10.0. The second kappa shape index (κ2) is 19.3. The first-order valence-corrected chi connectivity index (χ1v) is 11.9. The van der Waals surface area contributed by atoms with Crippen LogP contribution in [0, 0.1) is 0 Å². The number of ether oxygens (including phenoxy) is 2. The van der Waals surface area contributed by atoms with E-state index in [4.69, 9.17) is 9.47 Å². The van der Waals surface area contributed by atoms with E-state index in [2.05, 4.69) is 6.92 Å². The predicted octanol–water partition coefficient (Wildman–Crippen LogP) is 7.13. The van der Waals surface area contributed by atoms with Gasteiger partial charge in [-0.2, -0.15) is 0 Å². The second-order valence-electron chi connectivity index (χ2n) is 8.22. The molecule has 0 N–H and O–H groups in total. The third-order valence-electron chi connectivity index (χ3n) is 4.99. The van der Waals surface area contributed by atoms with Gasteiger partial charge in [-0.1, -0.05) is 71.6 Å². The summed E-state index contributed by atoms with van der Waals surface area (Å²) in [5, 5.41) is 0. The standard InChI is InChI=1S/C24H46O4/c1-5-7-8-15-18-22(28-23(25)6-2)19-16-13-11-9-10-12-14-17-20-24(26)27-21(3)4/h21-22H,5-20H2,1-4H3. The van der Waals surface area contributed by atoms with Crippen molar-refractivity contribution < 1.29 is 19.1 Å². The van der Waals surface area contributed by atoms with Gasteiger partial charge in [0.15, 0.2) is 0 Å². The molecule has 0 rings (SSSR count). The Morgan fingerprint density at radius 2 is 1.14 bits per heavy atom. The van der Waals surface area contributed by atoms with Gasteiger partial charge in [-0.15, -0.1) is 0 Å². The summed E-state index contributed by atoms with van der Waals surface area (Å²) in [6.45, 7) is 7.86. The van der Waals surface area contributed by atoms with Crippen molar-refractivity contribution in [2.45, 2.75) is 143 Å². The molecular weight excluding hydrogens is 352 g/mol. The van der Waals surface area contributed by atoms with Crippen LogP contribution >= 0.6 is 0 Å². The van der Waals surface area contributed by atoms with E-state index in [1.54, 1.807) is 0 Å². The fraction of sp³-hybridized carbons (Fsp3) is 0.917. The van der Waals surface area contributed by atoms with Crippen molar-refractivity contribution in [3.8, 4) is 0 Å². The van der Waals surface area contributed by atoms with Gasteiger partial charge in [0, 0.05) is 12.8 Å². The maximum absolute atomic E-state index is 11.6. The van der Waals surface area contributed by atoms with E-state index in [0.717, 1.165) is 32.1 Å². The first kappa shape index (κ1) is 26.9. The van der Waals surface area contributed by atoms with Gasteiger partial charge < -0.3 is 9.47 Å². The van der Waals surface area contributed by atoms with Crippen LogP contribution in [0.3, 0.4) is 0 Å². The molecule has 166 valence electrons. The minimum atomic E-state index is -0.0666. The maximum Gasteiger partial charge on any atom is 0.306 e. The largest absolute Gasteiger partial charge is 0.463 e. The Bertz CT molecular complexity index is 379. The van der Waals surface area contributed by atoms with Crippen LogP contribution < -0.4 is 0 Å². The van der Waals surface area contributed by atoms with Crippen molar-refractivity contribution in [2.75, 3.05) is 0 Å². The number of hydrogen-bond donors (Lipinski definition) is 0. The van der Waals surface area contributed by atoms with Crippen LogP contribution in [0.4, 0.5) is 0 Å². The Labute approximate surface area is 174 Å². The molecule has 1 atom stereocenters. The first-order valence-electron chi connectivity index (χ1n) is 11.9. The fourth-order valence-corrected chi connectivity index (χ4v) is 3.35. The number of hydrogen-bond acceptors (Lipinski definition) is 4. The van der Waals surface area contributed by atoms with Gasteiger partial charge in [0.1, 0.15) is 6.10 Å². The molecule has 0 spiro atoms. The minimum Gasteiger partial charge on any atom is -0.463 e. The number of carbonyl (C=O) groups excluding carboxylic acids is 2. The highest BCUT2D eigenvalue weighted by molar-refractivity contribution is 5.69. The van der Waals surface area contributed by atoms with Gasteiger partial charge in [-0.05, 0) is 46.0 Å². The summed E-state index contributed by atoms with van der Waals surface area (Å²) in [6.07, 6.45) is 17.4. The van der Waals surface area contributed by atoms with Crippen LogP contribution in [0.2, 0.25) is 0 Å². The monoisotopic (exact) mass is 398 g/mol. The summed E-state index contributed by atoms with van der Waals surface area (Å²) in [5.41, 5.74) is 0. The zero-order chi connectivity index (χ0) is 21.0. The van der Waals surface area contributed by atoms with Crippen LogP contribution in [-0.4, -0.2) is 24.1 Å². The van der Waals surface area contributed by atoms with Gasteiger partial charge in [-0.3, -0.25) is 9.59 Å². The predicted molar refractivity (Wildman–Crippen MR) is 116 cm³/mol. The molecule has 0 fully saturated rings. The van der Waals surface area contributed by atoms with Crippen molar-refractivity contribution in [2.24, 2.45) is 0 Å². The summed E-state index contributed by atoms with van der Waals surface area (Å²) in [5.74, 6) is -0.124. The first-order chi connectivity index (χ1) is 13.5. The van der Waals surface area contributed by atoms with Crippen molar-refractivity contribution in [3.63, 3.8) is 0 Å². The highest BCUT2D eigenvalue weighted by Crippen LogP contribution is 2.17. The summed E-state index contributed by atoms with van der Waals surface area (Å²) in [6, 6.07) is 0. The van der Waals surface area contributed by atoms with E-state index in [-0.39, 0.29) is 24.1 Å². The van der Waals surface area contributed by atoms with E-state index in [9.17, 15) is 9.59 Å². The molecule has 0 bridgehead atoms.